The standard InChI is InChI=1S/C22H19N3O5/c26-20(24-14-1-2-15-17(9-14)29-12-28-15)18-16-3-6-22(30-16)11-25(21(27)19(18)22)10-13-4-7-23-8-5-13/h1-9,16,18-19H,10-12H2,(H,24,26)/t16-,18-,19+,22-/m0/s1. The number of ether oxygens (including phenoxy) is 3. The maximum absolute atomic E-state index is 13.3. The smallest absolute Gasteiger partial charge is 0.231 e. The molecule has 4 atom stereocenters. The van der Waals surface area contributed by atoms with Crippen molar-refractivity contribution in [2.75, 3.05) is 18.7 Å². The second-order valence-electron chi connectivity index (χ2n) is 8.01. The number of fused-ring (bicyclic) bond motifs is 2. The van der Waals surface area contributed by atoms with E-state index in [-0.39, 0.29) is 18.6 Å². The van der Waals surface area contributed by atoms with E-state index in [9.17, 15) is 9.59 Å². The summed E-state index contributed by atoms with van der Waals surface area (Å²) >= 11 is 0. The highest BCUT2D eigenvalue weighted by Crippen LogP contribution is 2.52. The van der Waals surface area contributed by atoms with Gasteiger partial charge in [0.15, 0.2) is 11.5 Å². The topological polar surface area (TPSA) is 90.0 Å². The van der Waals surface area contributed by atoms with Crippen molar-refractivity contribution in [2.45, 2.75) is 18.2 Å². The molecule has 2 fully saturated rings. The van der Waals surface area contributed by atoms with Crippen LogP contribution in [-0.2, 0) is 20.9 Å². The van der Waals surface area contributed by atoms with Crippen molar-refractivity contribution in [1.82, 2.24) is 9.88 Å². The number of carbonyl (C=O) groups is 2. The van der Waals surface area contributed by atoms with Crippen LogP contribution in [0.3, 0.4) is 0 Å². The summed E-state index contributed by atoms with van der Waals surface area (Å²) in [6.45, 7) is 1.08. The number of aromatic nitrogens is 1. The first-order valence-electron chi connectivity index (χ1n) is 9.88. The molecule has 2 aromatic rings. The number of rotatable bonds is 4. The third-order valence-corrected chi connectivity index (χ3v) is 6.24. The predicted octanol–water partition coefficient (Wildman–Crippen LogP) is 1.73. The molecule has 1 spiro atoms. The van der Waals surface area contributed by atoms with Gasteiger partial charge in [-0.1, -0.05) is 12.2 Å². The number of hydrogen-bond donors (Lipinski definition) is 1. The van der Waals surface area contributed by atoms with Gasteiger partial charge in [0.2, 0.25) is 18.6 Å². The molecule has 4 aliphatic rings. The zero-order valence-corrected chi connectivity index (χ0v) is 16.0. The number of anilines is 1. The fourth-order valence-electron chi connectivity index (χ4n) is 4.92. The molecule has 4 aliphatic heterocycles. The first kappa shape index (κ1) is 17.5. The first-order chi connectivity index (χ1) is 14.6. The number of benzene rings is 1. The molecule has 30 heavy (non-hydrogen) atoms. The van der Waals surface area contributed by atoms with Crippen molar-refractivity contribution in [3.8, 4) is 11.5 Å². The fraction of sp³-hybridized carbons (Fsp3) is 0.318. The average molecular weight is 405 g/mol. The molecule has 1 aromatic heterocycles. The van der Waals surface area contributed by atoms with E-state index in [2.05, 4.69) is 10.3 Å². The summed E-state index contributed by atoms with van der Waals surface area (Å²) in [5.74, 6) is -0.137. The lowest BCUT2D eigenvalue weighted by Crippen LogP contribution is -2.41. The Kier molecular flexibility index (Phi) is 3.67. The minimum atomic E-state index is -0.730. The molecule has 0 saturated carbocycles. The summed E-state index contributed by atoms with van der Waals surface area (Å²) in [5, 5.41) is 2.93. The van der Waals surface area contributed by atoms with Gasteiger partial charge >= 0.3 is 0 Å². The number of nitrogens with zero attached hydrogens (tertiary/aromatic N) is 2. The molecule has 2 bridgehead atoms. The van der Waals surface area contributed by atoms with Crippen LogP contribution in [-0.4, -0.2) is 46.7 Å². The number of carbonyl (C=O) groups excluding carboxylic acids is 2. The van der Waals surface area contributed by atoms with Crippen molar-refractivity contribution in [1.29, 1.82) is 0 Å². The zero-order chi connectivity index (χ0) is 20.3. The van der Waals surface area contributed by atoms with Crippen molar-refractivity contribution < 1.29 is 23.8 Å². The monoisotopic (exact) mass is 405 g/mol. The van der Waals surface area contributed by atoms with Crippen molar-refractivity contribution in [3.05, 3.63) is 60.4 Å². The largest absolute Gasteiger partial charge is 0.454 e. The van der Waals surface area contributed by atoms with Gasteiger partial charge in [0, 0.05) is 30.7 Å². The maximum atomic E-state index is 13.3. The normalized spacial score (nSPS) is 30.1. The highest BCUT2D eigenvalue weighted by molar-refractivity contribution is 5.99. The average Bonchev–Trinajstić information content (AvgIpc) is 3.50. The summed E-state index contributed by atoms with van der Waals surface area (Å²) in [6.07, 6.45) is 6.88. The van der Waals surface area contributed by atoms with E-state index < -0.39 is 23.5 Å². The third-order valence-electron chi connectivity index (χ3n) is 6.24. The molecular weight excluding hydrogens is 386 g/mol. The molecule has 152 valence electrons. The number of amides is 2. The van der Waals surface area contributed by atoms with E-state index in [4.69, 9.17) is 14.2 Å². The van der Waals surface area contributed by atoms with Crippen LogP contribution in [0, 0.1) is 11.8 Å². The molecule has 1 N–H and O–H groups in total. The fourth-order valence-corrected chi connectivity index (χ4v) is 4.92. The van der Waals surface area contributed by atoms with Crippen molar-refractivity contribution >= 4 is 17.5 Å². The second-order valence-corrected chi connectivity index (χ2v) is 8.01. The van der Waals surface area contributed by atoms with Crippen LogP contribution < -0.4 is 14.8 Å². The lowest BCUT2D eigenvalue weighted by atomic mass is 9.77. The molecule has 5 heterocycles. The van der Waals surface area contributed by atoms with E-state index in [1.54, 1.807) is 35.5 Å². The van der Waals surface area contributed by atoms with Crippen LogP contribution in [0.15, 0.2) is 54.9 Å². The molecule has 0 aliphatic carbocycles. The van der Waals surface area contributed by atoms with Crippen molar-refractivity contribution in [2.24, 2.45) is 11.8 Å². The van der Waals surface area contributed by atoms with Crippen LogP contribution in [0.4, 0.5) is 5.69 Å². The second kappa shape index (κ2) is 6.30. The van der Waals surface area contributed by atoms with E-state index in [1.807, 2.05) is 24.3 Å². The molecular formula is C22H19N3O5. The molecule has 2 saturated heterocycles. The van der Waals surface area contributed by atoms with Crippen molar-refractivity contribution in [3.63, 3.8) is 0 Å². The van der Waals surface area contributed by atoms with Gasteiger partial charge in [-0.2, -0.15) is 0 Å². The summed E-state index contributed by atoms with van der Waals surface area (Å²) in [5.41, 5.74) is 0.866. The highest BCUT2D eigenvalue weighted by Gasteiger charge is 2.66. The molecule has 6 rings (SSSR count). The molecule has 0 radical (unpaired) electrons. The van der Waals surface area contributed by atoms with Gasteiger partial charge in [0.25, 0.3) is 0 Å². The summed E-state index contributed by atoms with van der Waals surface area (Å²) in [7, 11) is 0. The zero-order valence-electron chi connectivity index (χ0n) is 16.0. The van der Waals surface area contributed by atoms with Gasteiger partial charge in [0.1, 0.15) is 5.60 Å². The van der Waals surface area contributed by atoms with Gasteiger partial charge in [-0.15, -0.1) is 0 Å². The lowest BCUT2D eigenvalue weighted by Gasteiger charge is -2.23. The predicted molar refractivity (Wildman–Crippen MR) is 105 cm³/mol. The summed E-state index contributed by atoms with van der Waals surface area (Å²) < 4.78 is 16.9. The molecule has 8 heteroatoms. The Hall–Kier alpha value is -3.39. The summed E-state index contributed by atoms with van der Waals surface area (Å²) in [6, 6.07) is 9.02. The number of nitrogens with one attached hydrogen (secondary N) is 1. The van der Waals surface area contributed by atoms with Crippen LogP contribution in [0.2, 0.25) is 0 Å². The van der Waals surface area contributed by atoms with Gasteiger partial charge in [-0.05, 0) is 29.8 Å². The number of pyridine rings is 1. The Balaban J connectivity index is 1.24. The molecule has 1 aromatic carbocycles. The Labute approximate surface area is 172 Å². The number of hydrogen-bond acceptors (Lipinski definition) is 6. The Bertz CT molecular complexity index is 1070. The van der Waals surface area contributed by atoms with Crippen LogP contribution in [0.25, 0.3) is 0 Å². The van der Waals surface area contributed by atoms with Gasteiger partial charge in [0.05, 0.1) is 24.5 Å². The summed E-state index contributed by atoms with van der Waals surface area (Å²) in [4.78, 5) is 32.2. The minimum Gasteiger partial charge on any atom is -0.454 e. The lowest BCUT2D eigenvalue weighted by molar-refractivity contribution is -0.136. The van der Waals surface area contributed by atoms with Gasteiger partial charge in [-0.25, -0.2) is 0 Å². The van der Waals surface area contributed by atoms with E-state index in [0.717, 1.165) is 5.56 Å². The van der Waals surface area contributed by atoms with E-state index in [0.29, 0.717) is 30.3 Å². The quantitative estimate of drug-likeness (QED) is 0.780. The Morgan fingerprint density at radius 2 is 2.03 bits per heavy atom. The molecule has 2 amide bonds. The van der Waals surface area contributed by atoms with Crippen LogP contribution >= 0.6 is 0 Å². The third kappa shape index (κ3) is 2.53. The highest BCUT2D eigenvalue weighted by atomic mass is 16.7. The van der Waals surface area contributed by atoms with E-state index >= 15 is 0 Å². The minimum absolute atomic E-state index is 0.0514. The number of likely N-dealkylation sites (tertiary alicyclic amines) is 1. The van der Waals surface area contributed by atoms with Gasteiger partial charge < -0.3 is 24.4 Å². The first-order valence-corrected chi connectivity index (χ1v) is 9.88. The van der Waals surface area contributed by atoms with Gasteiger partial charge in [-0.3, -0.25) is 14.6 Å². The molecule has 8 nitrogen and oxygen atoms in total. The van der Waals surface area contributed by atoms with E-state index in [1.165, 1.54) is 0 Å². The van der Waals surface area contributed by atoms with Crippen LogP contribution in [0.1, 0.15) is 5.56 Å². The SMILES string of the molecule is O=C(Nc1ccc2c(c1)OCO2)[C@H]1[C@@H]2C=C[C@@]3(CN(Cc4ccncc4)C(=O)[C@@H]13)O2. The Morgan fingerprint density at radius 3 is 2.90 bits per heavy atom. The molecule has 0 unspecified atom stereocenters. The Morgan fingerprint density at radius 1 is 1.20 bits per heavy atom. The van der Waals surface area contributed by atoms with Crippen LogP contribution in [0.5, 0.6) is 11.5 Å². The maximum Gasteiger partial charge on any atom is 0.231 e.